The second-order valence-electron chi connectivity index (χ2n) is 3.31. The molecule has 3 N–H and O–H groups in total. The predicted octanol–water partition coefficient (Wildman–Crippen LogP) is 0.283. The molecule has 0 aliphatic carbocycles. The third-order valence-corrected chi connectivity index (χ3v) is 1.75. The highest BCUT2D eigenvalue weighted by Gasteiger charge is 1.98. The zero-order valence-electron chi connectivity index (χ0n) is 8.32. The highest BCUT2D eigenvalue weighted by Crippen LogP contribution is 1.96. The van der Waals surface area contributed by atoms with Crippen molar-refractivity contribution in [3.63, 3.8) is 0 Å². The SMILES string of the molecule is CC(C)C(N)=NCc1ccc(=O)[nH]n1. The van der Waals surface area contributed by atoms with Crippen molar-refractivity contribution in [1.29, 1.82) is 0 Å². The number of nitrogens with two attached hydrogens (primary N) is 1. The van der Waals surface area contributed by atoms with Crippen molar-refractivity contribution in [2.45, 2.75) is 20.4 Å². The molecule has 0 unspecified atom stereocenters. The van der Waals surface area contributed by atoms with E-state index in [1.807, 2.05) is 13.8 Å². The molecule has 0 bridgehead atoms. The average Bonchev–Trinajstić information content (AvgIpc) is 2.16. The van der Waals surface area contributed by atoms with Crippen LogP contribution in [0.5, 0.6) is 0 Å². The minimum Gasteiger partial charge on any atom is -0.387 e. The average molecular weight is 194 g/mol. The van der Waals surface area contributed by atoms with Gasteiger partial charge in [0.25, 0.3) is 5.56 Å². The van der Waals surface area contributed by atoms with Crippen LogP contribution in [0.1, 0.15) is 19.5 Å². The normalized spacial score (nSPS) is 12.1. The fraction of sp³-hybridized carbons (Fsp3) is 0.444. The minimum atomic E-state index is -0.213. The van der Waals surface area contributed by atoms with Gasteiger partial charge < -0.3 is 5.73 Å². The number of aliphatic imine (C=N–C) groups is 1. The van der Waals surface area contributed by atoms with Crippen LogP contribution in [0.4, 0.5) is 0 Å². The van der Waals surface area contributed by atoms with Crippen molar-refractivity contribution < 1.29 is 0 Å². The van der Waals surface area contributed by atoms with Crippen LogP contribution in [-0.4, -0.2) is 16.0 Å². The lowest BCUT2D eigenvalue weighted by Gasteiger charge is -2.02. The minimum absolute atomic E-state index is 0.213. The third kappa shape index (κ3) is 3.01. The number of H-pyrrole nitrogens is 1. The predicted molar refractivity (Wildman–Crippen MR) is 55.0 cm³/mol. The maximum atomic E-state index is 10.7. The molecule has 1 aromatic rings. The molecule has 0 radical (unpaired) electrons. The fourth-order valence-electron chi connectivity index (χ4n) is 0.816. The van der Waals surface area contributed by atoms with Crippen molar-refractivity contribution in [2.75, 3.05) is 0 Å². The Morgan fingerprint density at radius 2 is 2.36 bits per heavy atom. The molecule has 5 heteroatoms. The summed E-state index contributed by atoms with van der Waals surface area (Å²) in [6.07, 6.45) is 0. The zero-order chi connectivity index (χ0) is 10.6. The zero-order valence-corrected chi connectivity index (χ0v) is 8.32. The first kappa shape index (κ1) is 10.4. The number of amidine groups is 1. The Bertz CT molecular complexity index is 360. The molecule has 0 aromatic carbocycles. The van der Waals surface area contributed by atoms with Crippen molar-refractivity contribution in [2.24, 2.45) is 16.6 Å². The van der Waals surface area contributed by atoms with Gasteiger partial charge in [0.2, 0.25) is 0 Å². The molecule has 1 heterocycles. The Morgan fingerprint density at radius 1 is 1.64 bits per heavy atom. The number of hydrogen-bond donors (Lipinski definition) is 2. The van der Waals surface area contributed by atoms with Gasteiger partial charge in [-0.3, -0.25) is 9.79 Å². The van der Waals surface area contributed by atoms with Gasteiger partial charge in [-0.05, 0) is 6.07 Å². The van der Waals surface area contributed by atoms with Gasteiger partial charge >= 0.3 is 0 Å². The lowest BCUT2D eigenvalue weighted by atomic mass is 10.2. The molecular formula is C9H14N4O. The third-order valence-electron chi connectivity index (χ3n) is 1.75. The van der Waals surface area contributed by atoms with Gasteiger partial charge in [0.05, 0.1) is 18.1 Å². The van der Waals surface area contributed by atoms with Gasteiger partial charge in [-0.25, -0.2) is 5.10 Å². The Morgan fingerprint density at radius 3 is 2.86 bits per heavy atom. The lowest BCUT2D eigenvalue weighted by Crippen LogP contribution is -2.19. The number of nitrogens with zero attached hydrogens (tertiary/aromatic N) is 2. The van der Waals surface area contributed by atoms with E-state index in [1.54, 1.807) is 6.07 Å². The van der Waals surface area contributed by atoms with E-state index >= 15 is 0 Å². The molecule has 0 aliphatic rings. The molecule has 1 rings (SSSR count). The molecule has 14 heavy (non-hydrogen) atoms. The summed E-state index contributed by atoms with van der Waals surface area (Å²) in [5.41, 5.74) is 6.13. The topological polar surface area (TPSA) is 84.1 Å². The molecule has 0 aliphatic heterocycles. The summed E-state index contributed by atoms with van der Waals surface area (Å²) in [6.45, 7) is 4.35. The standard InChI is InChI=1S/C9H14N4O/c1-6(2)9(10)11-5-7-3-4-8(14)13-12-7/h3-4,6H,5H2,1-2H3,(H2,10,11)(H,13,14). The van der Waals surface area contributed by atoms with E-state index in [9.17, 15) is 4.79 Å². The van der Waals surface area contributed by atoms with Crippen molar-refractivity contribution in [1.82, 2.24) is 10.2 Å². The second kappa shape index (κ2) is 4.55. The van der Waals surface area contributed by atoms with Gasteiger partial charge in [0, 0.05) is 12.0 Å². The van der Waals surface area contributed by atoms with E-state index in [-0.39, 0.29) is 11.5 Å². The van der Waals surface area contributed by atoms with Gasteiger partial charge in [-0.1, -0.05) is 13.8 Å². The van der Waals surface area contributed by atoms with Crippen molar-refractivity contribution in [3.05, 3.63) is 28.2 Å². The van der Waals surface area contributed by atoms with Crippen molar-refractivity contribution >= 4 is 5.84 Å². The number of aromatic amines is 1. The summed E-state index contributed by atoms with van der Waals surface area (Å²) in [6, 6.07) is 3.05. The van der Waals surface area contributed by atoms with Gasteiger partial charge in [0.15, 0.2) is 0 Å². The molecule has 1 aromatic heterocycles. The van der Waals surface area contributed by atoms with Crippen LogP contribution >= 0.6 is 0 Å². The smallest absolute Gasteiger partial charge is 0.264 e. The van der Waals surface area contributed by atoms with Crippen LogP contribution in [0.15, 0.2) is 21.9 Å². The Kier molecular flexibility index (Phi) is 3.39. The highest BCUT2D eigenvalue weighted by molar-refractivity contribution is 5.82. The number of aromatic nitrogens is 2. The Balaban J connectivity index is 2.66. The molecular weight excluding hydrogens is 180 g/mol. The van der Waals surface area contributed by atoms with Gasteiger partial charge in [0.1, 0.15) is 0 Å². The molecule has 5 nitrogen and oxygen atoms in total. The Labute approximate surface area is 82.1 Å². The number of nitrogens with one attached hydrogen (secondary N) is 1. The van der Waals surface area contributed by atoms with E-state index < -0.39 is 0 Å². The van der Waals surface area contributed by atoms with Crippen LogP contribution in [-0.2, 0) is 6.54 Å². The van der Waals surface area contributed by atoms with Gasteiger partial charge in [-0.15, -0.1) is 0 Å². The summed E-state index contributed by atoms with van der Waals surface area (Å²) < 4.78 is 0. The molecule has 0 saturated carbocycles. The van der Waals surface area contributed by atoms with Crippen LogP contribution in [0.2, 0.25) is 0 Å². The van der Waals surface area contributed by atoms with Crippen LogP contribution in [0.3, 0.4) is 0 Å². The van der Waals surface area contributed by atoms with Crippen molar-refractivity contribution in [3.8, 4) is 0 Å². The molecule has 0 spiro atoms. The summed E-state index contributed by atoms with van der Waals surface area (Å²) >= 11 is 0. The van der Waals surface area contributed by atoms with Crippen LogP contribution in [0, 0.1) is 5.92 Å². The molecule has 0 saturated heterocycles. The quantitative estimate of drug-likeness (QED) is 0.535. The van der Waals surface area contributed by atoms with Gasteiger partial charge in [-0.2, -0.15) is 5.10 Å². The van der Waals surface area contributed by atoms with Crippen LogP contribution < -0.4 is 11.3 Å². The number of rotatable bonds is 3. The first-order valence-electron chi connectivity index (χ1n) is 4.44. The first-order valence-corrected chi connectivity index (χ1v) is 4.44. The highest BCUT2D eigenvalue weighted by atomic mass is 16.1. The molecule has 0 fully saturated rings. The number of hydrogen-bond acceptors (Lipinski definition) is 3. The maximum Gasteiger partial charge on any atom is 0.264 e. The second-order valence-corrected chi connectivity index (χ2v) is 3.31. The molecule has 76 valence electrons. The molecule has 0 amide bonds. The van der Waals surface area contributed by atoms with E-state index in [1.165, 1.54) is 6.07 Å². The lowest BCUT2D eigenvalue weighted by molar-refractivity contribution is 0.833. The summed E-state index contributed by atoms with van der Waals surface area (Å²) in [5.74, 6) is 0.829. The summed E-state index contributed by atoms with van der Waals surface area (Å²) in [4.78, 5) is 14.8. The van der Waals surface area contributed by atoms with Crippen LogP contribution in [0.25, 0.3) is 0 Å². The summed E-state index contributed by atoms with van der Waals surface area (Å²) in [7, 11) is 0. The monoisotopic (exact) mass is 194 g/mol. The van der Waals surface area contributed by atoms with E-state index in [0.29, 0.717) is 18.1 Å². The van der Waals surface area contributed by atoms with E-state index in [0.717, 1.165) is 0 Å². The first-order chi connectivity index (χ1) is 6.59. The fourth-order valence-corrected chi connectivity index (χ4v) is 0.816. The van der Waals surface area contributed by atoms with E-state index in [2.05, 4.69) is 15.2 Å². The largest absolute Gasteiger partial charge is 0.387 e. The Hall–Kier alpha value is -1.65. The molecule has 0 atom stereocenters. The maximum absolute atomic E-state index is 10.7. The summed E-state index contributed by atoms with van der Waals surface area (Å²) in [5, 5.41) is 6.15. The van der Waals surface area contributed by atoms with E-state index in [4.69, 9.17) is 5.73 Å².